The van der Waals surface area contributed by atoms with Gasteiger partial charge < -0.3 is 10.0 Å². The summed E-state index contributed by atoms with van der Waals surface area (Å²) in [6.07, 6.45) is 0.375. The van der Waals surface area contributed by atoms with Crippen molar-refractivity contribution in [2.45, 2.75) is 38.6 Å². The van der Waals surface area contributed by atoms with Gasteiger partial charge in [-0.1, -0.05) is 44.2 Å². The standard InChI is InChI=1S/C19H25N3O3/c1-13(2)17-12-16(20-22(17)4)19(25)21(3)15(11-18(23)24)10-14-8-6-5-7-9-14/h5-9,12-13,15H,10-11H2,1-4H3,(H,23,24)/t15-/m0/s1. The number of rotatable bonds is 7. The molecule has 0 radical (unpaired) electrons. The minimum Gasteiger partial charge on any atom is -0.481 e. The molecule has 134 valence electrons. The fourth-order valence-corrected chi connectivity index (χ4v) is 2.91. The molecule has 2 aromatic rings. The van der Waals surface area contributed by atoms with Crippen LogP contribution in [0.15, 0.2) is 36.4 Å². The van der Waals surface area contributed by atoms with Gasteiger partial charge in [-0.2, -0.15) is 5.10 Å². The largest absolute Gasteiger partial charge is 0.481 e. The average Bonchev–Trinajstić information content (AvgIpc) is 2.95. The molecule has 1 atom stereocenters. The average molecular weight is 343 g/mol. The highest BCUT2D eigenvalue weighted by atomic mass is 16.4. The zero-order chi connectivity index (χ0) is 18.6. The van der Waals surface area contributed by atoms with Crippen molar-refractivity contribution in [3.05, 3.63) is 53.3 Å². The summed E-state index contributed by atoms with van der Waals surface area (Å²) in [5.41, 5.74) is 2.31. The maximum Gasteiger partial charge on any atom is 0.305 e. The number of carbonyl (C=O) groups excluding carboxylic acids is 1. The second-order valence-electron chi connectivity index (χ2n) is 6.59. The van der Waals surface area contributed by atoms with Crippen LogP contribution in [0.5, 0.6) is 0 Å². The smallest absolute Gasteiger partial charge is 0.305 e. The Morgan fingerprint density at radius 2 is 1.88 bits per heavy atom. The van der Waals surface area contributed by atoms with Gasteiger partial charge in [0.15, 0.2) is 5.69 Å². The van der Waals surface area contributed by atoms with Crippen LogP contribution in [-0.2, 0) is 18.3 Å². The number of carboxylic acids is 1. The Kier molecular flexibility index (Phi) is 5.96. The summed E-state index contributed by atoms with van der Waals surface area (Å²) in [4.78, 5) is 25.6. The van der Waals surface area contributed by atoms with Gasteiger partial charge in [0.2, 0.25) is 0 Å². The van der Waals surface area contributed by atoms with E-state index in [-0.39, 0.29) is 18.2 Å². The lowest BCUT2D eigenvalue weighted by Gasteiger charge is -2.26. The molecule has 0 saturated heterocycles. The Hall–Kier alpha value is -2.63. The van der Waals surface area contributed by atoms with Crippen molar-refractivity contribution in [2.75, 3.05) is 7.05 Å². The molecule has 1 heterocycles. The number of aliphatic carboxylic acids is 1. The Bertz CT molecular complexity index is 738. The van der Waals surface area contributed by atoms with Crippen molar-refractivity contribution >= 4 is 11.9 Å². The Labute approximate surface area is 148 Å². The van der Waals surface area contributed by atoms with Crippen LogP contribution in [0.3, 0.4) is 0 Å². The molecule has 0 unspecified atom stereocenters. The molecule has 0 aliphatic heterocycles. The summed E-state index contributed by atoms with van der Waals surface area (Å²) in [6, 6.07) is 10.9. The maximum absolute atomic E-state index is 12.8. The fourth-order valence-electron chi connectivity index (χ4n) is 2.91. The summed E-state index contributed by atoms with van der Waals surface area (Å²) < 4.78 is 1.70. The third-order valence-corrected chi connectivity index (χ3v) is 4.32. The molecular weight excluding hydrogens is 318 g/mol. The van der Waals surface area contributed by atoms with Crippen molar-refractivity contribution in [1.82, 2.24) is 14.7 Å². The van der Waals surface area contributed by atoms with Crippen molar-refractivity contribution in [1.29, 1.82) is 0 Å². The highest BCUT2D eigenvalue weighted by molar-refractivity contribution is 5.92. The molecule has 0 saturated carbocycles. The first-order valence-electron chi connectivity index (χ1n) is 8.36. The number of amides is 1. The lowest BCUT2D eigenvalue weighted by atomic mass is 10.0. The van der Waals surface area contributed by atoms with Crippen molar-refractivity contribution in [3.63, 3.8) is 0 Å². The molecule has 0 bridgehead atoms. The lowest BCUT2D eigenvalue weighted by Crippen LogP contribution is -2.40. The summed E-state index contributed by atoms with van der Waals surface area (Å²) in [6.45, 7) is 4.08. The minimum atomic E-state index is -0.926. The van der Waals surface area contributed by atoms with Gasteiger partial charge in [0.05, 0.1) is 6.42 Å². The zero-order valence-corrected chi connectivity index (χ0v) is 15.1. The van der Waals surface area contributed by atoms with E-state index in [1.807, 2.05) is 51.2 Å². The van der Waals surface area contributed by atoms with E-state index in [9.17, 15) is 14.7 Å². The first-order valence-corrected chi connectivity index (χ1v) is 8.36. The number of hydrogen-bond acceptors (Lipinski definition) is 3. The monoisotopic (exact) mass is 343 g/mol. The highest BCUT2D eigenvalue weighted by Crippen LogP contribution is 2.18. The van der Waals surface area contributed by atoms with Crippen LogP contribution >= 0.6 is 0 Å². The summed E-state index contributed by atoms with van der Waals surface area (Å²) in [5.74, 6) is -0.933. The number of aromatic nitrogens is 2. The molecule has 0 aliphatic carbocycles. The molecule has 25 heavy (non-hydrogen) atoms. The van der Waals surface area contributed by atoms with E-state index in [1.165, 1.54) is 4.90 Å². The van der Waals surface area contributed by atoms with Gasteiger partial charge in [-0.15, -0.1) is 0 Å². The number of nitrogens with zero attached hydrogens (tertiary/aromatic N) is 3. The SMILES string of the molecule is CC(C)c1cc(C(=O)N(C)[C@H](CC(=O)O)Cc2ccccc2)nn1C. The minimum absolute atomic E-state index is 0.110. The second-order valence-corrected chi connectivity index (χ2v) is 6.59. The first kappa shape index (κ1) is 18.7. The van der Waals surface area contributed by atoms with E-state index in [0.29, 0.717) is 12.1 Å². The third kappa shape index (κ3) is 4.68. The van der Waals surface area contributed by atoms with Crippen LogP contribution in [0.1, 0.15) is 47.9 Å². The quantitative estimate of drug-likeness (QED) is 0.839. The van der Waals surface area contributed by atoms with Crippen LogP contribution in [0.4, 0.5) is 0 Å². The molecular formula is C19H25N3O3. The van der Waals surface area contributed by atoms with Gasteiger partial charge in [0.25, 0.3) is 5.91 Å². The predicted molar refractivity (Wildman–Crippen MR) is 95.6 cm³/mol. The van der Waals surface area contributed by atoms with E-state index < -0.39 is 12.0 Å². The lowest BCUT2D eigenvalue weighted by molar-refractivity contribution is -0.138. The topological polar surface area (TPSA) is 75.4 Å². The predicted octanol–water partition coefficient (Wildman–Crippen LogP) is 2.70. The molecule has 0 aliphatic rings. The van der Waals surface area contributed by atoms with Crippen LogP contribution in [-0.4, -0.2) is 44.8 Å². The van der Waals surface area contributed by atoms with Crippen LogP contribution in [0, 0.1) is 0 Å². The fraction of sp³-hybridized carbons (Fsp3) is 0.421. The van der Waals surface area contributed by atoms with Crippen LogP contribution in [0.2, 0.25) is 0 Å². The highest BCUT2D eigenvalue weighted by Gasteiger charge is 2.26. The van der Waals surface area contributed by atoms with Crippen molar-refractivity contribution in [2.24, 2.45) is 7.05 Å². The Morgan fingerprint density at radius 3 is 2.40 bits per heavy atom. The molecule has 0 fully saturated rings. The van der Waals surface area contributed by atoms with E-state index in [2.05, 4.69) is 5.10 Å². The summed E-state index contributed by atoms with van der Waals surface area (Å²) in [5, 5.41) is 13.5. The molecule has 1 N–H and O–H groups in total. The third-order valence-electron chi connectivity index (χ3n) is 4.32. The number of carbonyl (C=O) groups is 2. The van der Waals surface area contributed by atoms with Crippen LogP contribution < -0.4 is 0 Å². The molecule has 2 rings (SSSR count). The molecule has 6 nitrogen and oxygen atoms in total. The van der Waals surface area contributed by atoms with E-state index in [1.54, 1.807) is 17.8 Å². The van der Waals surface area contributed by atoms with Gasteiger partial charge in [-0.3, -0.25) is 14.3 Å². The summed E-state index contributed by atoms with van der Waals surface area (Å²) in [7, 11) is 3.45. The number of hydrogen-bond donors (Lipinski definition) is 1. The van der Waals surface area contributed by atoms with E-state index >= 15 is 0 Å². The van der Waals surface area contributed by atoms with E-state index in [4.69, 9.17) is 0 Å². The normalized spacial score (nSPS) is 12.2. The summed E-state index contributed by atoms with van der Waals surface area (Å²) >= 11 is 0. The first-order chi connectivity index (χ1) is 11.8. The molecule has 1 aromatic carbocycles. The van der Waals surface area contributed by atoms with Gasteiger partial charge in [-0.25, -0.2) is 0 Å². The maximum atomic E-state index is 12.8. The van der Waals surface area contributed by atoms with E-state index in [0.717, 1.165) is 11.3 Å². The molecule has 0 spiro atoms. The number of likely N-dealkylation sites (N-methyl/N-ethyl adjacent to an activating group) is 1. The van der Waals surface area contributed by atoms with Gasteiger partial charge in [-0.05, 0) is 24.0 Å². The number of carboxylic acid groups (broad SMARTS) is 1. The Morgan fingerprint density at radius 1 is 1.24 bits per heavy atom. The zero-order valence-electron chi connectivity index (χ0n) is 15.1. The molecule has 1 amide bonds. The Balaban J connectivity index is 2.22. The van der Waals surface area contributed by atoms with Gasteiger partial charge in [0, 0.05) is 25.8 Å². The number of benzene rings is 1. The van der Waals surface area contributed by atoms with Crippen LogP contribution in [0.25, 0.3) is 0 Å². The van der Waals surface area contributed by atoms with Gasteiger partial charge >= 0.3 is 5.97 Å². The molecule has 6 heteroatoms. The van der Waals surface area contributed by atoms with Crippen molar-refractivity contribution < 1.29 is 14.7 Å². The second kappa shape index (κ2) is 7.96. The number of aryl methyl sites for hydroxylation is 1. The van der Waals surface area contributed by atoms with Crippen molar-refractivity contribution in [3.8, 4) is 0 Å². The molecule has 1 aromatic heterocycles. The van der Waals surface area contributed by atoms with Gasteiger partial charge in [0.1, 0.15) is 0 Å².